The molecule has 0 bridgehead atoms. The summed E-state index contributed by atoms with van der Waals surface area (Å²) >= 11 is 0. The lowest BCUT2D eigenvalue weighted by Crippen LogP contribution is -2.30. The van der Waals surface area contributed by atoms with Crippen LogP contribution < -0.4 is 9.46 Å². The number of para-hydroxylation sites is 1. The van der Waals surface area contributed by atoms with E-state index >= 15 is 0 Å². The monoisotopic (exact) mass is 326 g/mol. The number of benzene rings is 1. The number of anilines is 1. The molecule has 10 heteroatoms. The Kier molecular flexibility index (Phi) is 5.05. The van der Waals surface area contributed by atoms with Crippen LogP contribution in [0.5, 0.6) is 5.75 Å². The van der Waals surface area contributed by atoms with Crippen molar-refractivity contribution in [3.8, 4) is 5.75 Å². The lowest BCUT2D eigenvalue weighted by Gasteiger charge is -2.16. The van der Waals surface area contributed by atoms with Crippen LogP contribution in [0.2, 0.25) is 0 Å². The van der Waals surface area contributed by atoms with Gasteiger partial charge >= 0.3 is 15.5 Å². The Morgan fingerprint density at radius 1 is 1.29 bits per heavy atom. The zero-order valence-corrected chi connectivity index (χ0v) is 12.2. The van der Waals surface area contributed by atoms with Gasteiger partial charge in [-0.25, -0.2) is 0 Å². The van der Waals surface area contributed by atoms with E-state index in [-0.39, 0.29) is 22.7 Å². The number of hydrogen-bond acceptors (Lipinski definition) is 5. The van der Waals surface area contributed by atoms with Gasteiger partial charge in [0.2, 0.25) is 0 Å². The Hall–Kier alpha value is -1.97. The van der Waals surface area contributed by atoms with E-state index in [2.05, 4.69) is 9.99 Å². The van der Waals surface area contributed by atoms with Gasteiger partial charge in [0.05, 0.1) is 18.5 Å². The molecule has 0 amide bonds. The van der Waals surface area contributed by atoms with Crippen molar-refractivity contribution in [3.05, 3.63) is 23.8 Å². The third-order valence-corrected chi connectivity index (χ3v) is 3.49. The summed E-state index contributed by atoms with van der Waals surface area (Å²) in [4.78, 5) is 4.53. The molecule has 1 aromatic rings. The second-order valence-electron chi connectivity index (χ2n) is 3.79. The van der Waals surface area contributed by atoms with Crippen molar-refractivity contribution in [1.29, 1.82) is 0 Å². The smallest absolute Gasteiger partial charge is 0.495 e. The molecule has 0 aromatic heterocycles. The van der Waals surface area contributed by atoms with Crippen LogP contribution in [0.1, 0.15) is 12.5 Å². The zero-order valence-electron chi connectivity index (χ0n) is 11.4. The summed E-state index contributed by atoms with van der Waals surface area (Å²) in [5.74, 6) is -0.0778. The summed E-state index contributed by atoms with van der Waals surface area (Å²) in [5.41, 5.74) is -5.53. The molecule has 0 unspecified atom stereocenters. The number of nitrogens with zero attached hydrogens (tertiary/aromatic N) is 1. The molecule has 0 aliphatic rings. The van der Waals surface area contributed by atoms with E-state index in [1.54, 1.807) is 0 Å². The number of oxime groups is 1. The van der Waals surface area contributed by atoms with Crippen LogP contribution in [0.4, 0.5) is 18.9 Å². The molecular formula is C11H13F3N2O4S. The van der Waals surface area contributed by atoms with Gasteiger partial charge in [-0.05, 0) is 13.0 Å². The molecular weight excluding hydrogens is 313 g/mol. The third-order valence-electron chi connectivity index (χ3n) is 2.41. The molecule has 0 atom stereocenters. The van der Waals surface area contributed by atoms with E-state index in [1.807, 2.05) is 0 Å². The minimum atomic E-state index is -5.58. The highest BCUT2D eigenvalue weighted by molar-refractivity contribution is 7.93. The van der Waals surface area contributed by atoms with E-state index in [4.69, 9.17) is 4.74 Å². The maximum absolute atomic E-state index is 12.5. The van der Waals surface area contributed by atoms with Crippen LogP contribution in [-0.2, 0) is 14.9 Å². The summed E-state index contributed by atoms with van der Waals surface area (Å²) in [6.07, 6.45) is 0. The number of alkyl halides is 3. The maximum atomic E-state index is 12.5. The van der Waals surface area contributed by atoms with Gasteiger partial charge in [-0.3, -0.25) is 4.72 Å². The van der Waals surface area contributed by atoms with Crippen LogP contribution in [0, 0.1) is 0 Å². The van der Waals surface area contributed by atoms with E-state index < -0.39 is 15.5 Å². The van der Waals surface area contributed by atoms with Gasteiger partial charge < -0.3 is 9.57 Å². The molecule has 0 aliphatic carbocycles. The first-order chi connectivity index (χ1) is 9.64. The zero-order chi connectivity index (χ0) is 16.3. The van der Waals surface area contributed by atoms with Crippen molar-refractivity contribution in [2.75, 3.05) is 18.9 Å². The van der Waals surface area contributed by atoms with Gasteiger partial charge in [-0.2, -0.15) is 21.6 Å². The van der Waals surface area contributed by atoms with Gasteiger partial charge in [0.15, 0.2) is 0 Å². The first kappa shape index (κ1) is 17.1. The Bertz CT molecular complexity index is 641. The average Bonchev–Trinajstić information content (AvgIpc) is 2.37. The second kappa shape index (κ2) is 6.20. The van der Waals surface area contributed by atoms with Crippen LogP contribution in [0.25, 0.3) is 0 Å². The number of hydrogen-bond donors (Lipinski definition) is 1. The van der Waals surface area contributed by atoms with E-state index in [0.29, 0.717) is 0 Å². The number of rotatable bonds is 5. The van der Waals surface area contributed by atoms with Crippen molar-refractivity contribution in [1.82, 2.24) is 0 Å². The minimum absolute atomic E-state index is 0.0778. The molecule has 21 heavy (non-hydrogen) atoms. The van der Waals surface area contributed by atoms with E-state index in [9.17, 15) is 21.6 Å². The van der Waals surface area contributed by atoms with Gasteiger partial charge in [0, 0.05) is 5.56 Å². The molecule has 1 aromatic carbocycles. The molecule has 1 rings (SSSR count). The maximum Gasteiger partial charge on any atom is 0.516 e. The quantitative estimate of drug-likeness (QED) is 0.665. The van der Waals surface area contributed by atoms with Crippen LogP contribution >= 0.6 is 0 Å². The predicted molar refractivity (Wildman–Crippen MR) is 70.8 cm³/mol. The number of sulfonamides is 1. The fourth-order valence-electron chi connectivity index (χ4n) is 1.49. The number of ether oxygens (including phenoxy) is 1. The number of methoxy groups -OCH3 is 1. The summed E-state index contributed by atoms with van der Waals surface area (Å²) in [6.45, 7) is 1.45. The molecule has 0 spiro atoms. The summed E-state index contributed by atoms with van der Waals surface area (Å²) in [6, 6.07) is 4.18. The van der Waals surface area contributed by atoms with Gasteiger partial charge in [-0.15, -0.1) is 0 Å². The van der Waals surface area contributed by atoms with E-state index in [1.165, 1.54) is 44.1 Å². The van der Waals surface area contributed by atoms with Gasteiger partial charge in [-0.1, -0.05) is 17.3 Å². The molecule has 0 aliphatic heterocycles. The van der Waals surface area contributed by atoms with Crippen molar-refractivity contribution in [2.45, 2.75) is 12.4 Å². The molecule has 0 saturated carbocycles. The van der Waals surface area contributed by atoms with Crippen LogP contribution in [0.15, 0.2) is 23.4 Å². The van der Waals surface area contributed by atoms with E-state index in [0.717, 1.165) is 0 Å². The van der Waals surface area contributed by atoms with Crippen LogP contribution in [-0.4, -0.2) is 33.9 Å². The molecule has 1 N–H and O–H groups in total. The van der Waals surface area contributed by atoms with Crippen LogP contribution in [0.3, 0.4) is 0 Å². The summed E-state index contributed by atoms with van der Waals surface area (Å²) in [7, 11) is -3.13. The first-order valence-electron chi connectivity index (χ1n) is 5.48. The summed E-state index contributed by atoms with van der Waals surface area (Å²) < 4.78 is 66.3. The minimum Gasteiger partial charge on any atom is -0.495 e. The Morgan fingerprint density at radius 2 is 1.90 bits per heavy atom. The van der Waals surface area contributed by atoms with Gasteiger partial charge in [0.1, 0.15) is 12.9 Å². The lowest BCUT2D eigenvalue weighted by molar-refractivity contribution is -0.0429. The third kappa shape index (κ3) is 3.78. The SMILES string of the molecule is CON=C(C)c1cccc(OC)c1NS(=O)(=O)C(F)(F)F. The number of halogens is 3. The number of nitrogens with one attached hydrogen (secondary N) is 1. The molecule has 0 heterocycles. The fourth-order valence-corrected chi connectivity index (χ4v) is 2.08. The molecule has 6 nitrogen and oxygen atoms in total. The average molecular weight is 326 g/mol. The highest BCUT2D eigenvalue weighted by Crippen LogP contribution is 2.33. The molecule has 118 valence electrons. The normalized spacial score (nSPS) is 13.0. The molecule has 0 fully saturated rings. The standard InChI is InChI=1S/C11H13F3N2O4S/c1-7(15-20-3)8-5-4-6-9(19-2)10(8)16-21(17,18)11(12,13)14/h4-6,16H,1-3H3. The lowest BCUT2D eigenvalue weighted by atomic mass is 10.1. The Balaban J connectivity index is 3.44. The predicted octanol–water partition coefficient (Wildman–Crippen LogP) is 2.33. The van der Waals surface area contributed by atoms with Gasteiger partial charge in [0.25, 0.3) is 0 Å². The highest BCUT2D eigenvalue weighted by Gasteiger charge is 2.46. The largest absolute Gasteiger partial charge is 0.516 e. The Labute approximate surface area is 119 Å². The first-order valence-corrected chi connectivity index (χ1v) is 6.96. The van der Waals surface area contributed by atoms with Crippen molar-refractivity contribution >= 4 is 21.4 Å². The summed E-state index contributed by atoms with van der Waals surface area (Å²) in [5, 5.41) is 3.57. The van der Waals surface area contributed by atoms with Crippen molar-refractivity contribution < 1.29 is 31.2 Å². The molecule has 0 radical (unpaired) electrons. The van der Waals surface area contributed by atoms with Crippen molar-refractivity contribution in [3.63, 3.8) is 0 Å². The van der Waals surface area contributed by atoms with Crippen molar-refractivity contribution in [2.24, 2.45) is 5.16 Å². The topological polar surface area (TPSA) is 77.0 Å². The Morgan fingerprint density at radius 3 is 2.38 bits per heavy atom. The fraction of sp³-hybridized carbons (Fsp3) is 0.364. The highest BCUT2D eigenvalue weighted by atomic mass is 32.2. The molecule has 0 saturated heterocycles. The second-order valence-corrected chi connectivity index (χ2v) is 5.47.